The van der Waals surface area contributed by atoms with Gasteiger partial charge in [-0.05, 0) is 48.4 Å². The van der Waals surface area contributed by atoms with Gasteiger partial charge in [0.05, 0.1) is 5.52 Å². The van der Waals surface area contributed by atoms with Crippen molar-refractivity contribution >= 4 is 16.7 Å². The summed E-state index contributed by atoms with van der Waals surface area (Å²) in [4.78, 5) is 11.6. The molecule has 1 aromatic heterocycles. The van der Waals surface area contributed by atoms with Gasteiger partial charge in [0, 0.05) is 24.5 Å². The first-order valence-corrected chi connectivity index (χ1v) is 8.98. The number of likely N-dealkylation sites (N-methyl/N-ethyl adjacent to an activating group) is 1. The maximum absolute atomic E-state index is 13.3. The minimum absolute atomic E-state index is 0.264. The Labute approximate surface area is 158 Å². The molecule has 0 atom stereocenters. The lowest BCUT2D eigenvalue weighted by Crippen LogP contribution is -2.22. The highest BCUT2D eigenvalue weighted by Gasteiger charge is 2.13. The van der Waals surface area contributed by atoms with E-state index in [0.29, 0.717) is 5.82 Å². The van der Waals surface area contributed by atoms with Gasteiger partial charge in [0.2, 0.25) is 0 Å². The molecule has 0 aliphatic rings. The van der Waals surface area contributed by atoms with Crippen LogP contribution in [0.1, 0.15) is 5.56 Å². The average Bonchev–Trinajstić information content (AvgIpc) is 2.72. The van der Waals surface area contributed by atoms with Crippen molar-refractivity contribution in [3.8, 4) is 11.4 Å². The monoisotopic (exact) mass is 357 g/mol. The van der Waals surface area contributed by atoms with E-state index in [2.05, 4.69) is 34.1 Å². The molecule has 0 N–H and O–H groups in total. The molecule has 4 heteroatoms. The Morgan fingerprint density at radius 3 is 2.30 bits per heavy atom. The largest absolute Gasteiger partial charge is 0.359 e. The van der Waals surface area contributed by atoms with E-state index >= 15 is 0 Å². The zero-order valence-corrected chi connectivity index (χ0v) is 15.1. The molecule has 3 nitrogen and oxygen atoms in total. The number of halogens is 1. The van der Waals surface area contributed by atoms with Crippen molar-refractivity contribution in [3.63, 3.8) is 0 Å². The number of aromatic nitrogens is 2. The first-order chi connectivity index (χ1) is 13.2. The van der Waals surface area contributed by atoms with Crippen molar-refractivity contribution in [1.29, 1.82) is 0 Å². The molecule has 0 saturated carbocycles. The lowest BCUT2D eigenvalue weighted by Gasteiger charge is -2.21. The molecular weight excluding hydrogens is 337 g/mol. The van der Waals surface area contributed by atoms with E-state index < -0.39 is 0 Å². The Balaban J connectivity index is 1.70. The second-order valence-electron chi connectivity index (χ2n) is 6.55. The number of anilines is 1. The van der Waals surface area contributed by atoms with Crippen LogP contribution in [-0.2, 0) is 6.42 Å². The van der Waals surface area contributed by atoms with Gasteiger partial charge in [-0.15, -0.1) is 0 Å². The molecule has 0 unspecified atom stereocenters. The van der Waals surface area contributed by atoms with Gasteiger partial charge in [-0.25, -0.2) is 14.4 Å². The fourth-order valence-electron chi connectivity index (χ4n) is 3.13. The normalized spacial score (nSPS) is 10.9. The van der Waals surface area contributed by atoms with Gasteiger partial charge in [0.1, 0.15) is 11.6 Å². The van der Waals surface area contributed by atoms with E-state index in [1.54, 1.807) is 12.1 Å². The van der Waals surface area contributed by atoms with Gasteiger partial charge in [-0.1, -0.05) is 42.5 Å². The van der Waals surface area contributed by atoms with Crippen LogP contribution >= 0.6 is 0 Å². The predicted octanol–water partition coefficient (Wildman–Crippen LogP) is 5.11. The van der Waals surface area contributed by atoms with Gasteiger partial charge in [0.15, 0.2) is 5.82 Å². The molecule has 4 aromatic rings. The summed E-state index contributed by atoms with van der Waals surface area (Å²) in [6, 6.07) is 24.7. The Morgan fingerprint density at radius 2 is 1.52 bits per heavy atom. The Bertz CT molecular complexity index is 1050. The molecule has 27 heavy (non-hydrogen) atoms. The third-order valence-electron chi connectivity index (χ3n) is 4.63. The predicted molar refractivity (Wildman–Crippen MR) is 108 cm³/mol. The minimum Gasteiger partial charge on any atom is -0.359 e. The lowest BCUT2D eigenvalue weighted by molar-refractivity contribution is 0.628. The Kier molecular flexibility index (Phi) is 4.79. The molecule has 3 aromatic carbocycles. The highest BCUT2D eigenvalue weighted by Crippen LogP contribution is 2.27. The van der Waals surface area contributed by atoms with Crippen LogP contribution in [-0.4, -0.2) is 23.6 Å². The van der Waals surface area contributed by atoms with E-state index in [1.165, 1.54) is 17.7 Å². The van der Waals surface area contributed by atoms with Crippen molar-refractivity contribution in [2.24, 2.45) is 0 Å². The summed E-state index contributed by atoms with van der Waals surface area (Å²) in [5.74, 6) is 1.23. The third kappa shape index (κ3) is 3.80. The number of hydrogen-bond donors (Lipinski definition) is 0. The summed E-state index contributed by atoms with van der Waals surface area (Å²) < 4.78 is 13.3. The van der Waals surface area contributed by atoms with Crippen LogP contribution in [0, 0.1) is 5.82 Å². The van der Waals surface area contributed by atoms with Crippen LogP contribution in [0.15, 0.2) is 78.9 Å². The van der Waals surface area contributed by atoms with Gasteiger partial charge in [-0.3, -0.25) is 0 Å². The van der Waals surface area contributed by atoms with E-state index in [9.17, 15) is 4.39 Å². The Morgan fingerprint density at radius 1 is 0.815 bits per heavy atom. The molecule has 0 aliphatic carbocycles. The van der Waals surface area contributed by atoms with Crippen LogP contribution in [0.3, 0.4) is 0 Å². The van der Waals surface area contributed by atoms with Crippen molar-refractivity contribution in [3.05, 3.63) is 90.2 Å². The molecule has 0 fully saturated rings. The maximum Gasteiger partial charge on any atom is 0.162 e. The zero-order chi connectivity index (χ0) is 18.6. The molecule has 0 aliphatic heterocycles. The van der Waals surface area contributed by atoms with Gasteiger partial charge in [-0.2, -0.15) is 0 Å². The standard InChI is InChI=1S/C23H20FN3/c1-27(16-15-17-7-3-2-4-8-17)23-20-9-5-6-10-21(20)25-22(26-23)18-11-13-19(24)14-12-18/h2-14H,15-16H2,1H3. The smallest absolute Gasteiger partial charge is 0.162 e. The van der Waals surface area contributed by atoms with Crippen molar-refractivity contribution < 1.29 is 4.39 Å². The van der Waals surface area contributed by atoms with Crippen LogP contribution in [0.5, 0.6) is 0 Å². The molecule has 0 spiro atoms. The second-order valence-corrected chi connectivity index (χ2v) is 6.55. The zero-order valence-electron chi connectivity index (χ0n) is 15.1. The fraction of sp³-hybridized carbons (Fsp3) is 0.130. The molecule has 0 radical (unpaired) electrons. The van der Waals surface area contributed by atoms with Gasteiger partial charge in [0.25, 0.3) is 0 Å². The highest BCUT2D eigenvalue weighted by atomic mass is 19.1. The fourth-order valence-corrected chi connectivity index (χ4v) is 3.13. The summed E-state index contributed by atoms with van der Waals surface area (Å²) >= 11 is 0. The molecule has 0 amide bonds. The SMILES string of the molecule is CN(CCc1ccccc1)c1nc(-c2ccc(F)cc2)nc2ccccc12. The van der Waals surface area contributed by atoms with Crippen molar-refractivity contribution in [2.45, 2.75) is 6.42 Å². The molecule has 0 saturated heterocycles. The quantitative estimate of drug-likeness (QED) is 0.497. The Hall–Kier alpha value is -3.27. The summed E-state index contributed by atoms with van der Waals surface area (Å²) in [7, 11) is 2.05. The van der Waals surface area contributed by atoms with Crippen LogP contribution < -0.4 is 4.90 Å². The average molecular weight is 357 g/mol. The number of fused-ring (bicyclic) bond motifs is 1. The van der Waals surface area contributed by atoms with E-state index in [4.69, 9.17) is 4.98 Å². The van der Waals surface area contributed by atoms with Crippen LogP contribution in [0.2, 0.25) is 0 Å². The van der Waals surface area contributed by atoms with E-state index in [1.807, 2.05) is 37.4 Å². The van der Waals surface area contributed by atoms with E-state index in [-0.39, 0.29) is 5.82 Å². The topological polar surface area (TPSA) is 29.0 Å². The first kappa shape index (κ1) is 17.2. The number of nitrogens with zero attached hydrogens (tertiary/aromatic N) is 3. The highest BCUT2D eigenvalue weighted by molar-refractivity contribution is 5.91. The number of para-hydroxylation sites is 1. The summed E-state index contributed by atoms with van der Waals surface area (Å²) in [6.45, 7) is 0.841. The third-order valence-corrected chi connectivity index (χ3v) is 4.63. The summed E-state index contributed by atoms with van der Waals surface area (Å²) in [5, 5.41) is 1.01. The number of hydrogen-bond acceptors (Lipinski definition) is 3. The van der Waals surface area contributed by atoms with Gasteiger partial charge < -0.3 is 4.90 Å². The summed E-state index contributed by atoms with van der Waals surface area (Å²) in [5.41, 5.74) is 2.98. The summed E-state index contributed by atoms with van der Waals surface area (Å²) in [6.07, 6.45) is 0.932. The number of rotatable bonds is 5. The molecular formula is C23H20FN3. The molecule has 1 heterocycles. The molecule has 134 valence electrons. The second kappa shape index (κ2) is 7.54. The van der Waals surface area contributed by atoms with Crippen LogP contribution in [0.4, 0.5) is 10.2 Å². The van der Waals surface area contributed by atoms with Crippen molar-refractivity contribution in [2.75, 3.05) is 18.5 Å². The lowest BCUT2D eigenvalue weighted by atomic mass is 10.1. The molecule has 4 rings (SSSR count). The molecule has 0 bridgehead atoms. The first-order valence-electron chi connectivity index (χ1n) is 8.98. The van der Waals surface area contributed by atoms with Crippen LogP contribution in [0.25, 0.3) is 22.3 Å². The number of benzene rings is 3. The van der Waals surface area contributed by atoms with E-state index in [0.717, 1.165) is 35.2 Å². The van der Waals surface area contributed by atoms with Crippen molar-refractivity contribution in [1.82, 2.24) is 9.97 Å². The minimum atomic E-state index is -0.264. The maximum atomic E-state index is 13.3. The van der Waals surface area contributed by atoms with Gasteiger partial charge >= 0.3 is 0 Å².